The minimum atomic E-state index is -0.208. The van der Waals surface area contributed by atoms with Gasteiger partial charge in [-0.15, -0.1) is 11.8 Å². The van der Waals surface area contributed by atoms with Crippen LogP contribution in [0, 0.1) is 6.92 Å². The Morgan fingerprint density at radius 1 is 1.29 bits per heavy atom. The van der Waals surface area contributed by atoms with E-state index in [1.54, 1.807) is 11.8 Å². The topological polar surface area (TPSA) is 87.6 Å². The van der Waals surface area contributed by atoms with E-state index >= 15 is 0 Å². The number of halogens is 1. The van der Waals surface area contributed by atoms with Gasteiger partial charge in [-0.25, -0.2) is 0 Å². The van der Waals surface area contributed by atoms with Crippen LogP contribution in [0.2, 0.25) is 0 Å². The molecule has 21 heavy (non-hydrogen) atoms. The molecule has 0 amide bonds. The Balaban J connectivity index is 1.95. The van der Waals surface area contributed by atoms with Crippen LogP contribution in [0.1, 0.15) is 11.3 Å². The average Bonchev–Trinajstić information content (AvgIpc) is 2.74. The first-order chi connectivity index (χ1) is 10.0. The van der Waals surface area contributed by atoms with Crippen LogP contribution < -0.4 is 11.3 Å². The fourth-order valence-corrected chi connectivity index (χ4v) is 3.50. The molecule has 1 aromatic carbocycles. The van der Waals surface area contributed by atoms with Crippen molar-refractivity contribution in [3.8, 4) is 0 Å². The summed E-state index contributed by atoms with van der Waals surface area (Å²) in [5, 5.41) is 0.573. The van der Waals surface area contributed by atoms with Crippen molar-refractivity contribution in [2.24, 2.45) is 0 Å². The third-order valence-electron chi connectivity index (χ3n) is 3.11. The van der Waals surface area contributed by atoms with Crippen LogP contribution in [-0.2, 0) is 5.75 Å². The normalized spacial score (nSPS) is 11.1. The Labute approximate surface area is 133 Å². The molecule has 0 saturated carbocycles. The van der Waals surface area contributed by atoms with E-state index in [0.29, 0.717) is 11.0 Å². The van der Waals surface area contributed by atoms with Gasteiger partial charge >= 0.3 is 0 Å². The SMILES string of the molecule is Cc1[nH]c2nc(N)[nH]c(=O)c2c1SCc1ccc(Br)cc1. The predicted molar refractivity (Wildman–Crippen MR) is 89.6 cm³/mol. The van der Waals surface area contributed by atoms with E-state index in [1.165, 1.54) is 5.56 Å². The summed E-state index contributed by atoms with van der Waals surface area (Å²) in [5.41, 5.74) is 8.01. The van der Waals surface area contributed by atoms with Crippen LogP contribution in [0.15, 0.2) is 38.4 Å². The summed E-state index contributed by atoms with van der Waals surface area (Å²) in [6.07, 6.45) is 0. The molecule has 2 aromatic heterocycles. The second-order valence-corrected chi connectivity index (χ2v) is 6.57. The summed E-state index contributed by atoms with van der Waals surface area (Å²) in [4.78, 5) is 22.8. The Hall–Kier alpha value is -1.73. The number of aromatic amines is 2. The average molecular weight is 365 g/mol. The number of fused-ring (bicyclic) bond motifs is 1. The Kier molecular flexibility index (Phi) is 3.77. The van der Waals surface area contributed by atoms with Crippen LogP contribution in [0.5, 0.6) is 0 Å². The van der Waals surface area contributed by atoms with E-state index < -0.39 is 0 Å². The molecule has 0 fully saturated rings. The summed E-state index contributed by atoms with van der Waals surface area (Å²) in [6, 6.07) is 8.13. The maximum atomic E-state index is 12.1. The molecule has 0 aliphatic carbocycles. The number of aromatic nitrogens is 3. The summed E-state index contributed by atoms with van der Waals surface area (Å²) in [6.45, 7) is 1.93. The number of aryl methyl sites for hydroxylation is 1. The van der Waals surface area contributed by atoms with Gasteiger partial charge in [0.2, 0.25) is 5.95 Å². The van der Waals surface area contributed by atoms with E-state index in [0.717, 1.165) is 20.8 Å². The van der Waals surface area contributed by atoms with Crippen molar-refractivity contribution in [2.75, 3.05) is 5.73 Å². The van der Waals surface area contributed by atoms with Gasteiger partial charge in [0, 0.05) is 20.8 Å². The molecule has 3 rings (SSSR count). The minimum absolute atomic E-state index is 0.123. The maximum absolute atomic E-state index is 12.1. The summed E-state index contributed by atoms with van der Waals surface area (Å²) < 4.78 is 1.05. The summed E-state index contributed by atoms with van der Waals surface area (Å²) in [5.74, 6) is 0.906. The molecule has 0 radical (unpaired) electrons. The molecular formula is C14H13BrN4OS. The first-order valence-corrected chi connectivity index (χ1v) is 8.08. The second kappa shape index (κ2) is 5.57. The highest BCUT2D eigenvalue weighted by Crippen LogP contribution is 2.31. The molecule has 7 heteroatoms. The molecule has 0 aliphatic heterocycles. The number of nitrogens with zero attached hydrogens (tertiary/aromatic N) is 1. The molecule has 5 nitrogen and oxygen atoms in total. The molecule has 0 saturated heterocycles. The van der Waals surface area contributed by atoms with Gasteiger partial charge in [-0.2, -0.15) is 4.98 Å². The van der Waals surface area contributed by atoms with Crippen LogP contribution in [0.25, 0.3) is 11.0 Å². The number of rotatable bonds is 3. The van der Waals surface area contributed by atoms with Crippen molar-refractivity contribution in [2.45, 2.75) is 17.6 Å². The van der Waals surface area contributed by atoms with Gasteiger partial charge in [-0.3, -0.25) is 9.78 Å². The first-order valence-electron chi connectivity index (χ1n) is 6.30. The summed E-state index contributed by atoms with van der Waals surface area (Å²) in [7, 11) is 0. The number of nitrogens with one attached hydrogen (secondary N) is 2. The molecule has 0 atom stereocenters. The lowest BCUT2D eigenvalue weighted by Gasteiger charge is -2.02. The number of benzene rings is 1. The van der Waals surface area contributed by atoms with Crippen molar-refractivity contribution in [3.63, 3.8) is 0 Å². The molecule has 4 N–H and O–H groups in total. The van der Waals surface area contributed by atoms with Crippen molar-refractivity contribution >= 4 is 44.7 Å². The largest absolute Gasteiger partial charge is 0.369 e. The van der Waals surface area contributed by atoms with E-state index in [9.17, 15) is 4.79 Å². The number of anilines is 1. The van der Waals surface area contributed by atoms with Gasteiger partial charge in [0.15, 0.2) is 0 Å². The number of nitrogens with two attached hydrogens (primary N) is 1. The highest BCUT2D eigenvalue weighted by Gasteiger charge is 2.14. The highest BCUT2D eigenvalue weighted by molar-refractivity contribution is 9.10. The number of hydrogen-bond acceptors (Lipinski definition) is 4. The predicted octanol–water partition coefficient (Wildman–Crippen LogP) is 3.20. The van der Waals surface area contributed by atoms with Crippen LogP contribution in [0.4, 0.5) is 5.95 Å². The van der Waals surface area contributed by atoms with Crippen molar-refractivity contribution in [1.82, 2.24) is 15.0 Å². The number of thioether (sulfide) groups is 1. The molecule has 108 valence electrons. The lowest BCUT2D eigenvalue weighted by atomic mass is 10.2. The van der Waals surface area contributed by atoms with Crippen molar-refractivity contribution < 1.29 is 0 Å². The lowest BCUT2D eigenvalue weighted by Crippen LogP contribution is -2.10. The van der Waals surface area contributed by atoms with Gasteiger partial charge < -0.3 is 10.7 Å². The second-order valence-electron chi connectivity index (χ2n) is 4.67. The van der Waals surface area contributed by atoms with E-state index in [1.807, 2.05) is 19.1 Å². The number of nitrogen functional groups attached to an aromatic ring is 1. The Morgan fingerprint density at radius 2 is 2.00 bits per heavy atom. The fourth-order valence-electron chi connectivity index (χ4n) is 2.13. The molecule has 0 aliphatic rings. The Bertz CT molecular complexity index is 854. The monoisotopic (exact) mass is 364 g/mol. The highest BCUT2D eigenvalue weighted by atomic mass is 79.9. The number of hydrogen-bond donors (Lipinski definition) is 3. The van der Waals surface area contributed by atoms with Gasteiger partial charge in [0.25, 0.3) is 5.56 Å². The van der Waals surface area contributed by atoms with E-state index in [-0.39, 0.29) is 11.5 Å². The summed E-state index contributed by atoms with van der Waals surface area (Å²) >= 11 is 5.03. The zero-order valence-electron chi connectivity index (χ0n) is 11.2. The smallest absolute Gasteiger partial charge is 0.262 e. The zero-order chi connectivity index (χ0) is 15.0. The molecule has 0 spiro atoms. The lowest BCUT2D eigenvalue weighted by molar-refractivity contribution is 1.17. The van der Waals surface area contributed by atoms with E-state index in [2.05, 4.69) is 43.0 Å². The Morgan fingerprint density at radius 3 is 2.71 bits per heavy atom. The van der Waals surface area contributed by atoms with Gasteiger partial charge in [0.05, 0.1) is 5.39 Å². The zero-order valence-corrected chi connectivity index (χ0v) is 13.6. The van der Waals surface area contributed by atoms with Crippen molar-refractivity contribution in [1.29, 1.82) is 0 Å². The maximum Gasteiger partial charge on any atom is 0.262 e. The third-order valence-corrected chi connectivity index (χ3v) is 4.91. The van der Waals surface area contributed by atoms with Crippen LogP contribution in [0.3, 0.4) is 0 Å². The molecule has 2 heterocycles. The first kappa shape index (κ1) is 14.2. The third kappa shape index (κ3) is 2.84. The van der Waals surface area contributed by atoms with E-state index in [4.69, 9.17) is 5.73 Å². The van der Waals surface area contributed by atoms with Crippen LogP contribution in [-0.4, -0.2) is 15.0 Å². The van der Waals surface area contributed by atoms with Crippen LogP contribution >= 0.6 is 27.7 Å². The molecule has 0 bridgehead atoms. The molecule has 0 unspecified atom stereocenters. The number of H-pyrrole nitrogens is 2. The standard InChI is InChI=1S/C14H13BrN4OS/c1-7-11(21-6-8-2-4-9(15)5-3-8)10-12(17-7)18-14(16)19-13(10)20/h2-5H,6H2,1H3,(H4,16,17,18,19,20). The quantitative estimate of drug-likeness (QED) is 0.622. The van der Waals surface area contributed by atoms with Gasteiger partial charge in [-0.1, -0.05) is 28.1 Å². The van der Waals surface area contributed by atoms with Crippen molar-refractivity contribution in [3.05, 3.63) is 50.3 Å². The van der Waals surface area contributed by atoms with Gasteiger partial charge in [0.1, 0.15) is 5.65 Å². The molecular weight excluding hydrogens is 352 g/mol. The minimum Gasteiger partial charge on any atom is -0.369 e. The van der Waals surface area contributed by atoms with Gasteiger partial charge in [-0.05, 0) is 24.6 Å². The fraction of sp³-hybridized carbons (Fsp3) is 0.143. The molecule has 3 aromatic rings.